The lowest BCUT2D eigenvalue weighted by Gasteiger charge is -2.31. The number of thiazole rings is 1. The van der Waals surface area contributed by atoms with Gasteiger partial charge in [-0.25, -0.2) is 4.98 Å². The number of rotatable bonds is 7. The van der Waals surface area contributed by atoms with Gasteiger partial charge in [-0.1, -0.05) is 13.8 Å². The van der Waals surface area contributed by atoms with Crippen molar-refractivity contribution in [2.45, 2.75) is 45.6 Å². The molecule has 1 aromatic rings. The number of aliphatic hydroxyl groups is 1. The second kappa shape index (κ2) is 8.60. The van der Waals surface area contributed by atoms with Crippen molar-refractivity contribution in [3.63, 3.8) is 0 Å². The van der Waals surface area contributed by atoms with Gasteiger partial charge in [-0.15, -0.1) is 11.3 Å². The number of nitrogens with zero attached hydrogens (tertiary/aromatic N) is 2. The Morgan fingerprint density at radius 1 is 1.55 bits per heavy atom. The van der Waals surface area contributed by atoms with Crippen LogP contribution in [0.1, 0.15) is 37.4 Å². The molecule has 2 heterocycles. The van der Waals surface area contributed by atoms with E-state index in [1.54, 1.807) is 11.3 Å². The van der Waals surface area contributed by atoms with Gasteiger partial charge in [-0.2, -0.15) is 0 Å². The topological polar surface area (TPSA) is 65.5 Å². The molecule has 22 heavy (non-hydrogen) atoms. The average molecular weight is 325 g/mol. The van der Waals surface area contributed by atoms with Crippen LogP contribution in [0.15, 0.2) is 5.38 Å². The van der Waals surface area contributed by atoms with Crippen molar-refractivity contribution in [1.82, 2.24) is 15.2 Å². The Balaban J connectivity index is 1.65. The summed E-state index contributed by atoms with van der Waals surface area (Å²) >= 11 is 1.59. The normalized spacial score (nSPS) is 18.3. The largest absolute Gasteiger partial charge is 0.390 e. The summed E-state index contributed by atoms with van der Waals surface area (Å²) in [5, 5.41) is 15.9. The average Bonchev–Trinajstić information content (AvgIpc) is 2.95. The van der Waals surface area contributed by atoms with Crippen molar-refractivity contribution in [1.29, 1.82) is 0 Å². The maximum atomic E-state index is 11.9. The van der Waals surface area contributed by atoms with Gasteiger partial charge in [0.05, 0.1) is 23.2 Å². The van der Waals surface area contributed by atoms with E-state index in [0.29, 0.717) is 19.5 Å². The van der Waals surface area contributed by atoms with Crippen molar-refractivity contribution in [3.05, 3.63) is 16.1 Å². The van der Waals surface area contributed by atoms with Crippen molar-refractivity contribution in [2.75, 3.05) is 26.2 Å². The number of aryl methyl sites for hydroxylation is 1. The lowest BCUT2D eigenvalue weighted by Crippen LogP contribution is -2.43. The molecule has 0 spiro atoms. The molecule has 1 atom stereocenters. The predicted octanol–water partition coefficient (Wildman–Crippen LogP) is 1.46. The number of amides is 1. The van der Waals surface area contributed by atoms with Crippen molar-refractivity contribution in [2.24, 2.45) is 5.92 Å². The van der Waals surface area contributed by atoms with E-state index < -0.39 is 6.10 Å². The number of piperidine rings is 1. The van der Waals surface area contributed by atoms with Gasteiger partial charge in [0.25, 0.3) is 0 Å². The molecule has 2 rings (SSSR count). The van der Waals surface area contributed by atoms with E-state index >= 15 is 0 Å². The van der Waals surface area contributed by atoms with Gasteiger partial charge in [0.15, 0.2) is 0 Å². The van der Waals surface area contributed by atoms with E-state index in [2.05, 4.69) is 29.0 Å². The lowest BCUT2D eigenvalue weighted by molar-refractivity contribution is -0.121. The maximum Gasteiger partial charge on any atom is 0.226 e. The van der Waals surface area contributed by atoms with Gasteiger partial charge in [0.1, 0.15) is 0 Å². The van der Waals surface area contributed by atoms with Gasteiger partial charge in [0, 0.05) is 18.5 Å². The minimum Gasteiger partial charge on any atom is -0.390 e. The molecule has 6 heteroatoms. The van der Waals surface area contributed by atoms with Crippen LogP contribution in [0.2, 0.25) is 0 Å². The standard InChI is InChI=1S/C16H27N3O2S/c1-3-16-18-13(11-22-16)8-15(21)17-9-14(20)10-19-6-4-12(2)5-7-19/h11-12,14,20H,3-10H2,1-2H3,(H,17,21). The first-order valence-electron chi connectivity index (χ1n) is 8.17. The second-order valence-electron chi connectivity index (χ2n) is 6.20. The maximum absolute atomic E-state index is 11.9. The van der Waals surface area contributed by atoms with Crippen LogP contribution in [0.25, 0.3) is 0 Å². The molecular formula is C16H27N3O2S. The zero-order valence-electron chi connectivity index (χ0n) is 13.5. The highest BCUT2D eigenvalue weighted by Gasteiger charge is 2.18. The molecule has 5 nitrogen and oxygen atoms in total. The fourth-order valence-electron chi connectivity index (χ4n) is 2.66. The van der Waals surface area contributed by atoms with Crippen LogP contribution in [0.5, 0.6) is 0 Å². The molecule has 124 valence electrons. The van der Waals surface area contributed by atoms with Crippen LogP contribution >= 0.6 is 11.3 Å². The number of hydrogen-bond acceptors (Lipinski definition) is 5. The number of carbonyl (C=O) groups is 1. The highest BCUT2D eigenvalue weighted by Crippen LogP contribution is 2.15. The van der Waals surface area contributed by atoms with Crippen LogP contribution in [0, 0.1) is 5.92 Å². The predicted molar refractivity (Wildman–Crippen MR) is 89.1 cm³/mol. The highest BCUT2D eigenvalue weighted by molar-refractivity contribution is 7.09. The number of hydrogen-bond donors (Lipinski definition) is 2. The Morgan fingerprint density at radius 3 is 2.91 bits per heavy atom. The van der Waals surface area contributed by atoms with Crippen LogP contribution < -0.4 is 5.32 Å². The van der Waals surface area contributed by atoms with E-state index in [4.69, 9.17) is 0 Å². The summed E-state index contributed by atoms with van der Waals surface area (Å²) in [7, 11) is 0. The van der Waals surface area contributed by atoms with E-state index in [0.717, 1.165) is 36.1 Å². The molecule has 0 bridgehead atoms. The quantitative estimate of drug-likeness (QED) is 0.796. The number of aliphatic hydroxyl groups excluding tert-OH is 1. The van der Waals surface area contributed by atoms with Crippen LogP contribution in [-0.4, -0.2) is 53.2 Å². The smallest absolute Gasteiger partial charge is 0.226 e. The van der Waals surface area contributed by atoms with Gasteiger partial charge >= 0.3 is 0 Å². The Morgan fingerprint density at radius 2 is 2.27 bits per heavy atom. The summed E-state index contributed by atoms with van der Waals surface area (Å²) in [6.07, 6.45) is 3.09. The van der Waals surface area contributed by atoms with Gasteiger partial charge in [0.2, 0.25) is 5.91 Å². The summed E-state index contributed by atoms with van der Waals surface area (Å²) < 4.78 is 0. The van der Waals surface area contributed by atoms with Crippen molar-refractivity contribution in [3.8, 4) is 0 Å². The van der Waals surface area contributed by atoms with Gasteiger partial charge in [-0.3, -0.25) is 4.79 Å². The Hall–Kier alpha value is -0.980. The third kappa shape index (κ3) is 5.66. The minimum atomic E-state index is -0.501. The Labute approximate surface area is 136 Å². The van der Waals surface area contributed by atoms with E-state index in [1.807, 2.05) is 5.38 Å². The molecule has 1 aliphatic rings. The third-order valence-electron chi connectivity index (χ3n) is 4.12. The monoisotopic (exact) mass is 325 g/mol. The van der Waals surface area contributed by atoms with Crippen LogP contribution in [0.3, 0.4) is 0 Å². The first kappa shape index (κ1) is 17.4. The van der Waals surface area contributed by atoms with Gasteiger partial charge in [-0.05, 0) is 38.3 Å². The van der Waals surface area contributed by atoms with E-state index in [9.17, 15) is 9.90 Å². The summed E-state index contributed by atoms with van der Waals surface area (Å²) in [4.78, 5) is 18.5. The number of carbonyl (C=O) groups excluding carboxylic acids is 1. The summed E-state index contributed by atoms with van der Waals surface area (Å²) in [6.45, 7) is 7.38. The summed E-state index contributed by atoms with van der Waals surface area (Å²) in [5.74, 6) is 0.721. The summed E-state index contributed by atoms with van der Waals surface area (Å²) in [5.41, 5.74) is 0.818. The Kier molecular flexibility index (Phi) is 6.79. The van der Waals surface area contributed by atoms with E-state index in [-0.39, 0.29) is 5.91 Å². The number of likely N-dealkylation sites (tertiary alicyclic amines) is 1. The molecule has 1 saturated heterocycles. The van der Waals surface area contributed by atoms with Crippen molar-refractivity contribution >= 4 is 17.2 Å². The number of aromatic nitrogens is 1. The molecule has 1 unspecified atom stereocenters. The number of nitrogens with one attached hydrogen (secondary N) is 1. The number of β-amino-alcohol motifs (C(OH)–C–C–N with tert-alkyl or cyclic N) is 1. The zero-order chi connectivity index (χ0) is 15.9. The van der Waals surface area contributed by atoms with E-state index in [1.165, 1.54) is 12.8 Å². The first-order chi connectivity index (χ1) is 10.6. The molecule has 1 amide bonds. The molecule has 2 N–H and O–H groups in total. The molecule has 0 radical (unpaired) electrons. The molecule has 1 aromatic heterocycles. The van der Waals surface area contributed by atoms with Crippen molar-refractivity contribution < 1.29 is 9.90 Å². The third-order valence-corrected chi connectivity index (χ3v) is 5.17. The highest BCUT2D eigenvalue weighted by atomic mass is 32.1. The van der Waals surface area contributed by atoms with Crippen LogP contribution in [-0.2, 0) is 17.6 Å². The Bertz CT molecular complexity index is 470. The zero-order valence-corrected chi connectivity index (χ0v) is 14.4. The molecule has 0 saturated carbocycles. The molecule has 0 aliphatic carbocycles. The molecule has 0 aromatic carbocycles. The molecule has 1 aliphatic heterocycles. The fraction of sp³-hybridized carbons (Fsp3) is 0.750. The molecule has 1 fully saturated rings. The summed E-state index contributed by atoms with van der Waals surface area (Å²) in [6, 6.07) is 0. The first-order valence-corrected chi connectivity index (χ1v) is 9.05. The molecular weight excluding hydrogens is 298 g/mol. The SMILES string of the molecule is CCc1nc(CC(=O)NCC(O)CN2CCC(C)CC2)cs1. The second-order valence-corrected chi connectivity index (χ2v) is 7.15. The van der Waals surface area contributed by atoms with Crippen LogP contribution in [0.4, 0.5) is 0 Å². The lowest BCUT2D eigenvalue weighted by atomic mass is 9.99. The van der Waals surface area contributed by atoms with Gasteiger partial charge < -0.3 is 15.3 Å². The fourth-order valence-corrected chi connectivity index (χ4v) is 3.40. The minimum absolute atomic E-state index is 0.0701.